The highest BCUT2D eigenvalue weighted by molar-refractivity contribution is 7.89. The number of carbonyl (C=O) groups is 2. The van der Waals surface area contributed by atoms with E-state index in [1.807, 2.05) is 0 Å². The number of thiazole rings is 1. The van der Waals surface area contributed by atoms with Gasteiger partial charge in [-0.1, -0.05) is 11.3 Å². The summed E-state index contributed by atoms with van der Waals surface area (Å²) in [6.07, 6.45) is 1.71. The van der Waals surface area contributed by atoms with Crippen molar-refractivity contribution in [3.63, 3.8) is 0 Å². The Morgan fingerprint density at radius 1 is 1.17 bits per heavy atom. The molecule has 0 unspecified atom stereocenters. The number of fused-ring (bicyclic) bond motifs is 2. The number of benzene rings is 2. The van der Waals surface area contributed by atoms with Crippen LogP contribution in [0.15, 0.2) is 46.3 Å². The third-order valence-corrected chi connectivity index (χ3v) is 8.77. The lowest BCUT2D eigenvalue weighted by atomic mass is 10.2. The highest BCUT2D eigenvalue weighted by Gasteiger charge is 2.35. The monoisotopic (exact) mass is 517 g/mol. The van der Waals surface area contributed by atoms with Gasteiger partial charge in [-0.3, -0.25) is 9.59 Å². The van der Waals surface area contributed by atoms with Gasteiger partial charge in [-0.15, -0.1) is 0 Å². The summed E-state index contributed by atoms with van der Waals surface area (Å²) in [6.45, 7) is 1.92. The summed E-state index contributed by atoms with van der Waals surface area (Å²) in [6, 6.07) is 9.27. The summed E-state index contributed by atoms with van der Waals surface area (Å²) in [5.74, 6) is 0.0911. The molecule has 184 valence electrons. The fraction of sp³-hybridized carbons (Fsp3) is 0.348. The van der Waals surface area contributed by atoms with E-state index in [0.29, 0.717) is 21.8 Å². The molecule has 0 bridgehead atoms. The molecule has 2 aliphatic rings. The minimum absolute atomic E-state index is 0.0382. The van der Waals surface area contributed by atoms with Crippen LogP contribution in [0.5, 0.6) is 11.5 Å². The van der Waals surface area contributed by atoms with E-state index in [-0.39, 0.29) is 36.4 Å². The van der Waals surface area contributed by atoms with E-state index in [1.54, 1.807) is 30.7 Å². The lowest BCUT2D eigenvalue weighted by Crippen LogP contribution is -2.28. The van der Waals surface area contributed by atoms with Crippen molar-refractivity contribution in [2.45, 2.75) is 37.2 Å². The number of hydrogen-bond acceptors (Lipinski definition) is 8. The Morgan fingerprint density at radius 3 is 2.51 bits per heavy atom. The van der Waals surface area contributed by atoms with Gasteiger partial charge in [0, 0.05) is 30.8 Å². The maximum atomic E-state index is 13.0. The van der Waals surface area contributed by atoms with Crippen molar-refractivity contribution in [2.75, 3.05) is 20.4 Å². The van der Waals surface area contributed by atoms with Gasteiger partial charge in [-0.25, -0.2) is 8.42 Å². The fourth-order valence-electron chi connectivity index (χ4n) is 3.76. The van der Waals surface area contributed by atoms with Crippen molar-refractivity contribution < 1.29 is 32.2 Å². The van der Waals surface area contributed by atoms with Gasteiger partial charge < -0.3 is 18.8 Å². The fourth-order valence-corrected chi connectivity index (χ4v) is 6.21. The Bertz CT molecular complexity index is 1490. The summed E-state index contributed by atoms with van der Waals surface area (Å²) in [5.41, 5.74) is 0.885. The standard InChI is InChI=1S/C23H23N3O7S2/c1-3-31-21(27)12-26-17-10-18-19(33-13-32-18)11-20(17)34-23(26)24-22(28)14-4-8-16(9-5-14)35(29,30)25(2)15-6-7-15/h4-5,8-11,15H,3,6-7,12-13H2,1-2H3. The number of esters is 1. The first-order chi connectivity index (χ1) is 16.8. The van der Waals surface area contributed by atoms with Crippen molar-refractivity contribution >= 4 is 43.5 Å². The zero-order valence-corrected chi connectivity index (χ0v) is 20.7. The second kappa shape index (κ2) is 9.10. The number of sulfonamides is 1. The Balaban J connectivity index is 1.50. The Labute approximate surface area is 205 Å². The van der Waals surface area contributed by atoms with E-state index < -0.39 is 21.9 Å². The molecule has 1 fully saturated rings. The van der Waals surface area contributed by atoms with Gasteiger partial charge >= 0.3 is 5.97 Å². The third-order valence-electron chi connectivity index (χ3n) is 5.81. The molecule has 0 atom stereocenters. The zero-order valence-electron chi connectivity index (χ0n) is 19.1. The summed E-state index contributed by atoms with van der Waals surface area (Å²) in [4.78, 5) is 29.9. The molecular formula is C23H23N3O7S2. The van der Waals surface area contributed by atoms with Crippen molar-refractivity contribution in [3.05, 3.63) is 46.8 Å². The third kappa shape index (κ3) is 4.56. The van der Waals surface area contributed by atoms with Crippen LogP contribution in [0.3, 0.4) is 0 Å². The predicted octanol–water partition coefficient (Wildman–Crippen LogP) is 2.52. The molecule has 12 heteroatoms. The van der Waals surface area contributed by atoms with Crippen LogP contribution in [-0.2, 0) is 26.1 Å². The van der Waals surface area contributed by atoms with Crippen molar-refractivity contribution in [1.82, 2.24) is 8.87 Å². The summed E-state index contributed by atoms with van der Waals surface area (Å²) in [7, 11) is -2.04. The lowest BCUT2D eigenvalue weighted by Gasteiger charge is -2.16. The molecule has 1 aliphatic heterocycles. The summed E-state index contributed by atoms with van der Waals surface area (Å²) >= 11 is 1.22. The SMILES string of the molecule is CCOC(=O)Cn1c(=NC(=O)c2ccc(S(=O)(=O)N(C)C3CC3)cc2)sc2cc3c(cc21)OCO3. The molecular weight excluding hydrogens is 494 g/mol. The quantitative estimate of drug-likeness (QED) is 0.442. The van der Waals surface area contributed by atoms with Crippen molar-refractivity contribution in [2.24, 2.45) is 4.99 Å². The van der Waals surface area contributed by atoms with Crippen LogP contribution in [0.2, 0.25) is 0 Å². The first-order valence-electron chi connectivity index (χ1n) is 11.0. The van der Waals surface area contributed by atoms with Gasteiger partial charge in [0.2, 0.25) is 16.8 Å². The maximum absolute atomic E-state index is 13.0. The molecule has 10 nitrogen and oxygen atoms in total. The van der Waals surface area contributed by atoms with Gasteiger partial charge in [-0.2, -0.15) is 9.30 Å². The molecule has 5 rings (SSSR count). The second-order valence-electron chi connectivity index (χ2n) is 8.14. The van der Waals surface area contributed by atoms with Crippen LogP contribution in [0.4, 0.5) is 0 Å². The molecule has 0 N–H and O–H groups in total. The molecule has 2 heterocycles. The zero-order chi connectivity index (χ0) is 24.7. The number of hydrogen-bond donors (Lipinski definition) is 0. The van der Waals surface area contributed by atoms with Crippen molar-refractivity contribution in [3.8, 4) is 11.5 Å². The predicted molar refractivity (Wildman–Crippen MR) is 127 cm³/mol. The summed E-state index contributed by atoms with van der Waals surface area (Å²) in [5, 5.41) is 0. The first kappa shape index (κ1) is 23.5. The van der Waals surface area contributed by atoms with E-state index in [1.165, 1.54) is 39.9 Å². The number of ether oxygens (including phenoxy) is 3. The Hall–Kier alpha value is -3.22. The molecule has 0 spiro atoms. The van der Waals surface area contributed by atoms with Crippen LogP contribution in [0.25, 0.3) is 10.2 Å². The average molecular weight is 518 g/mol. The van der Waals surface area contributed by atoms with Gasteiger partial charge in [0.05, 0.1) is 21.7 Å². The lowest BCUT2D eigenvalue weighted by molar-refractivity contribution is -0.143. The topological polar surface area (TPSA) is 117 Å². The maximum Gasteiger partial charge on any atom is 0.326 e. The summed E-state index contributed by atoms with van der Waals surface area (Å²) < 4.78 is 45.1. The number of amides is 1. The molecule has 3 aromatic rings. The number of rotatable bonds is 7. The largest absolute Gasteiger partial charge is 0.465 e. The number of carbonyl (C=O) groups excluding carboxylic acids is 2. The van der Waals surface area contributed by atoms with E-state index in [0.717, 1.165) is 17.5 Å². The molecule has 1 saturated carbocycles. The molecule has 1 amide bonds. The van der Waals surface area contributed by atoms with E-state index in [9.17, 15) is 18.0 Å². The van der Waals surface area contributed by atoms with Crippen LogP contribution < -0.4 is 14.3 Å². The molecule has 0 saturated heterocycles. The van der Waals surface area contributed by atoms with E-state index in [2.05, 4.69) is 4.99 Å². The van der Waals surface area contributed by atoms with E-state index >= 15 is 0 Å². The Morgan fingerprint density at radius 2 is 1.86 bits per heavy atom. The van der Waals surface area contributed by atoms with Crippen LogP contribution in [-0.4, -0.2) is 55.7 Å². The van der Waals surface area contributed by atoms with Crippen LogP contribution in [0, 0.1) is 0 Å². The highest BCUT2D eigenvalue weighted by Crippen LogP contribution is 2.37. The minimum Gasteiger partial charge on any atom is -0.465 e. The molecule has 1 aliphatic carbocycles. The van der Waals surface area contributed by atoms with Crippen LogP contribution in [0.1, 0.15) is 30.1 Å². The smallest absolute Gasteiger partial charge is 0.326 e. The average Bonchev–Trinajstić information content (AvgIpc) is 3.51. The van der Waals surface area contributed by atoms with Crippen LogP contribution >= 0.6 is 11.3 Å². The van der Waals surface area contributed by atoms with Gasteiger partial charge in [0.15, 0.2) is 16.3 Å². The molecule has 1 aromatic heterocycles. The first-order valence-corrected chi connectivity index (χ1v) is 13.3. The normalized spacial score (nSPS) is 15.7. The van der Waals surface area contributed by atoms with Gasteiger partial charge in [0.25, 0.3) is 5.91 Å². The van der Waals surface area contributed by atoms with E-state index in [4.69, 9.17) is 14.2 Å². The van der Waals surface area contributed by atoms with Crippen molar-refractivity contribution in [1.29, 1.82) is 0 Å². The minimum atomic E-state index is -3.61. The number of nitrogens with zero attached hydrogens (tertiary/aromatic N) is 3. The second-order valence-corrected chi connectivity index (χ2v) is 11.1. The van der Waals surface area contributed by atoms with Gasteiger partial charge in [0.1, 0.15) is 6.54 Å². The Kier molecular flexibility index (Phi) is 6.11. The highest BCUT2D eigenvalue weighted by atomic mass is 32.2. The molecule has 2 aromatic carbocycles. The molecule has 35 heavy (non-hydrogen) atoms. The molecule has 0 radical (unpaired) electrons. The van der Waals surface area contributed by atoms with Gasteiger partial charge in [-0.05, 0) is 44.0 Å². The number of aromatic nitrogens is 1.